The molecular weight excluding hydrogens is 407 g/mol. The van der Waals surface area contributed by atoms with E-state index in [1.165, 1.54) is 0 Å². The largest absolute Gasteiger partial charge is 0.405 e. The van der Waals surface area contributed by atoms with Gasteiger partial charge in [0.25, 0.3) is 15.9 Å². The lowest BCUT2D eigenvalue weighted by molar-refractivity contribution is -0.123. The molecule has 6 nitrogen and oxygen atoms in total. The molecule has 1 aromatic heterocycles. The maximum absolute atomic E-state index is 12.6. The monoisotopic (exact) mass is 423 g/mol. The normalized spacial score (nSPS) is 11.8. The number of carbonyl (C=O) groups is 1. The van der Waals surface area contributed by atoms with Crippen molar-refractivity contribution in [1.29, 1.82) is 0 Å². The predicted octanol–water partition coefficient (Wildman–Crippen LogP) is 3.57. The number of nitrogens with zero attached hydrogens (tertiary/aromatic N) is 1. The third-order valence-corrected chi connectivity index (χ3v) is 5.27. The molecule has 2 N–H and O–H groups in total. The summed E-state index contributed by atoms with van der Waals surface area (Å²) in [5, 5.41) is 1.73. The lowest BCUT2D eigenvalue weighted by Crippen LogP contribution is -2.33. The highest BCUT2D eigenvalue weighted by atomic mass is 32.2. The van der Waals surface area contributed by atoms with Crippen LogP contribution in [-0.4, -0.2) is 31.6 Å². The van der Waals surface area contributed by atoms with E-state index in [1.807, 2.05) is 35.2 Å². The molecule has 3 aromatic rings. The number of rotatable bonds is 6. The summed E-state index contributed by atoms with van der Waals surface area (Å²) in [7, 11) is -3.95. The summed E-state index contributed by atoms with van der Waals surface area (Å²) in [5.41, 5.74) is 1.01. The van der Waals surface area contributed by atoms with Crippen LogP contribution in [0.15, 0.2) is 78.0 Å². The third kappa shape index (κ3) is 5.38. The van der Waals surface area contributed by atoms with Crippen molar-refractivity contribution in [1.82, 2.24) is 9.88 Å². The molecule has 1 heterocycles. The van der Waals surface area contributed by atoms with E-state index in [1.54, 1.807) is 23.5 Å². The lowest BCUT2D eigenvalue weighted by atomic mass is 10.2. The van der Waals surface area contributed by atoms with Crippen LogP contribution in [0.4, 0.5) is 18.9 Å². The third-order valence-electron chi connectivity index (χ3n) is 3.88. The van der Waals surface area contributed by atoms with Crippen LogP contribution in [0.25, 0.3) is 5.69 Å². The molecule has 1 amide bonds. The van der Waals surface area contributed by atoms with Gasteiger partial charge < -0.3 is 9.88 Å². The Morgan fingerprint density at radius 2 is 1.62 bits per heavy atom. The summed E-state index contributed by atoms with van der Waals surface area (Å²) in [4.78, 5) is 11.6. The number of hydrogen-bond acceptors (Lipinski definition) is 3. The Hall–Kier alpha value is -3.27. The molecule has 0 saturated carbocycles. The summed E-state index contributed by atoms with van der Waals surface area (Å²) in [5.74, 6) is -0.946. The Morgan fingerprint density at radius 3 is 2.24 bits per heavy atom. The van der Waals surface area contributed by atoms with Crippen molar-refractivity contribution in [3.8, 4) is 5.69 Å². The predicted molar refractivity (Wildman–Crippen MR) is 101 cm³/mol. The van der Waals surface area contributed by atoms with E-state index in [2.05, 4.69) is 4.72 Å². The first kappa shape index (κ1) is 20.5. The quantitative estimate of drug-likeness (QED) is 0.636. The van der Waals surface area contributed by atoms with E-state index < -0.39 is 28.7 Å². The molecule has 3 rings (SSSR count). The smallest absolute Gasteiger partial charge is 0.343 e. The number of hydrogen-bond donors (Lipinski definition) is 2. The van der Waals surface area contributed by atoms with Gasteiger partial charge in [0.2, 0.25) is 0 Å². The van der Waals surface area contributed by atoms with Gasteiger partial charge >= 0.3 is 6.18 Å². The van der Waals surface area contributed by atoms with E-state index in [9.17, 15) is 26.4 Å². The second-order valence-electron chi connectivity index (χ2n) is 6.07. The number of sulfonamides is 1. The van der Waals surface area contributed by atoms with Crippen LogP contribution in [0, 0.1) is 0 Å². The van der Waals surface area contributed by atoms with Crippen molar-refractivity contribution < 1.29 is 26.4 Å². The summed E-state index contributed by atoms with van der Waals surface area (Å²) < 4.78 is 65.9. The van der Waals surface area contributed by atoms with E-state index in [0.717, 1.165) is 30.0 Å². The average Bonchev–Trinajstić information content (AvgIpc) is 3.20. The van der Waals surface area contributed by atoms with Gasteiger partial charge in [-0.15, -0.1) is 0 Å². The molecule has 0 fully saturated rings. The molecule has 10 heteroatoms. The molecule has 0 atom stereocenters. The highest BCUT2D eigenvalue weighted by Crippen LogP contribution is 2.20. The van der Waals surface area contributed by atoms with Crippen molar-refractivity contribution >= 4 is 21.6 Å². The SMILES string of the molecule is O=C(NCC(F)(F)F)c1ccc(S(=O)(=O)Nc2cccc(-n3cccc3)c2)cc1. The number of carbonyl (C=O) groups excluding carboxylic acids is 1. The van der Waals surface area contributed by atoms with Crippen LogP contribution in [0.3, 0.4) is 0 Å². The summed E-state index contributed by atoms with van der Waals surface area (Å²) in [6, 6.07) is 15.0. The second-order valence-corrected chi connectivity index (χ2v) is 7.75. The number of alkyl halides is 3. The molecule has 0 aliphatic rings. The van der Waals surface area contributed by atoms with Crippen LogP contribution >= 0.6 is 0 Å². The first-order valence-corrected chi connectivity index (χ1v) is 9.84. The fraction of sp³-hybridized carbons (Fsp3) is 0.105. The Kier molecular flexibility index (Phi) is 5.64. The minimum Gasteiger partial charge on any atom is -0.343 e. The molecule has 29 heavy (non-hydrogen) atoms. The van der Waals surface area contributed by atoms with Gasteiger partial charge in [0.15, 0.2) is 0 Å². The summed E-state index contributed by atoms with van der Waals surface area (Å²) in [6.07, 6.45) is -0.898. The standard InChI is InChI=1S/C19H16F3N3O3S/c20-19(21,22)13-23-18(26)14-6-8-17(9-7-14)29(27,28)24-15-4-3-5-16(12-15)25-10-1-2-11-25/h1-12,24H,13H2,(H,23,26). The van der Waals surface area contributed by atoms with Crippen LogP contribution in [0.2, 0.25) is 0 Å². The Bertz CT molecular complexity index is 1090. The van der Waals surface area contributed by atoms with Gasteiger partial charge in [-0.1, -0.05) is 6.07 Å². The maximum Gasteiger partial charge on any atom is 0.405 e. The Balaban J connectivity index is 1.73. The van der Waals surface area contributed by atoms with Crippen molar-refractivity contribution in [2.24, 2.45) is 0 Å². The minimum atomic E-state index is -4.53. The zero-order valence-electron chi connectivity index (χ0n) is 14.8. The maximum atomic E-state index is 12.6. The number of nitrogens with one attached hydrogen (secondary N) is 2. The molecule has 0 spiro atoms. The van der Waals surface area contributed by atoms with Gasteiger partial charge in [0.1, 0.15) is 6.54 Å². The summed E-state index contributed by atoms with van der Waals surface area (Å²) >= 11 is 0. The van der Waals surface area contributed by atoms with E-state index in [4.69, 9.17) is 0 Å². The van der Waals surface area contributed by atoms with Crippen molar-refractivity contribution in [3.63, 3.8) is 0 Å². The molecule has 0 radical (unpaired) electrons. The molecular formula is C19H16F3N3O3S. The highest BCUT2D eigenvalue weighted by molar-refractivity contribution is 7.92. The number of aromatic nitrogens is 1. The number of anilines is 1. The number of benzene rings is 2. The molecule has 0 aliphatic heterocycles. The van der Waals surface area contributed by atoms with Crippen LogP contribution in [-0.2, 0) is 10.0 Å². The highest BCUT2D eigenvalue weighted by Gasteiger charge is 2.28. The molecule has 0 unspecified atom stereocenters. The van der Waals surface area contributed by atoms with Gasteiger partial charge in [-0.3, -0.25) is 9.52 Å². The van der Waals surface area contributed by atoms with Crippen LogP contribution in [0.1, 0.15) is 10.4 Å². The van der Waals surface area contributed by atoms with Gasteiger partial charge in [-0.25, -0.2) is 8.42 Å². The first-order chi connectivity index (χ1) is 13.6. The van der Waals surface area contributed by atoms with Crippen molar-refractivity contribution in [2.75, 3.05) is 11.3 Å². The minimum absolute atomic E-state index is 0.0807. The molecule has 0 saturated heterocycles. The topological polar surface area (TPSA) is 80.2 Å². The Labute approximate surface area is 165 Å². The van der Waals surface area contributed by atoms with Crippen LogP contribution in [0.5, 0.6) is 0 Å². The fourth-order valence-corrected chi connectivity index (χ4v) is 3.57. The number of amides is 1. The van der Waals surface area contributed by atoms with E-state index in [0.29, 0.717) is 5.69 Å². The first-order valence-electron chi connectivity index (χ1n) is 8.35. The molecule has 0 aliphatic carbocycles. The number of halogens is 3. The second kappa shape index (κ2) is 8.00. The zero-order valence-corrected chi connectivity index (χ0v) is 15.7. The van der Waals surface area contributed by atoms with Crippen LogP contribution < -0.4 is 10.0 Å². The fourth-order valence-electron chi connectivity index (χ4n) is 2.52. The van der Waals surface area contributed by atoms with Gasteiger partial charge in [0.05, 0.1) is 10.6 Å². The van der Waals surface area contributed by atoms with Gasteiger partial charge in [0, 0.05) is 23.6 Å². The van der Waals surface area contributed by atoms with E-state index >= 15 is 0 Å². The Morgan fingerprint density at radius 1 is 0.966 bits per heavy atom. The zero-order chi connectivity index (χ0) is 21.1. The lowest BCUT2D eigenvalue weighted by Gasteiger charge is -2.11. The van der Waals surface area contributed by atoms with Gasteiger partial charge in [-0.2, -0.15) is 13.2 Å². The van der Waals surface area contributed by atoms with Crippen molar-refractivity contribution in [2.45, 2.75) is 11.1 Å². The summed E-state index contributed by atoms with van der Waals surface area (Å²) in [6.45, 7) is -1.47. The van der Waals surface area contributed by atoms with Gasteiger partial charge in [-0.05, 0) is 54.6 Å². The average molecular weight is 423 g/mol. The van der Waals surface area contributed by atoms with Crippen molar-refractivity contribution in [3.05, 3.63) is 78.6 Å². The molecule has 152 valence electrons. The molecule has 0 bridgehead atoms. The molecule has 2 aromatic carbocycles. The van der Waals surface area contributed by atoms with E-state index in [-0.39, 0.29) is 10.5 Å².